The standard InChI is InChI=1S/C30H23ClN2O/c1-34-28-9-5-6-25(20-28)30-21-29(32-33(30)27-7-3-2-4-8-27)24-16-12-22(13-17-24)10-11-23-14-18-26(31)19-15-23/h2-9,12-20,30H,21H2,1H3. The molecule has 0 amide bonds. The number of halogens is 1. The molecule has 0 N–H and O–H groups in total. The van der Waals surface area contributed by atoms with Gasteiger partial charge in [-0.05, 0) is 71.8 Å². The Morgan fingerprint density at radius 2 is 1.50 bits per heavy atom. The topological polar surface area (TPSA) is 24.8 Å². The van der Waals surface area contributed by atoms with Crippen molar-refractivity contribution in [2.45, 2.75) is 12.5 Å². The summed E-state index contributed by atoms with van der Waals surface area (Å²) in [5.41, 5.74) is 6.29. The molecule has 0 aliphatic carbocycles. The molecule has 1 heterocycles. The minimum absolute atomic E-state index is 0.0943. The normalized spacial score (nSPS) is 14.8. The summed E-state index contributed by atoms with van der Waals surface area (Å²) in [5.74, 6) is 7.26. The largest absolute Gasteiger partial charge is 0.497 e. The molecule has 4 aromatic carbocycles. The molecule has 0 spiro atoms. The van der Waals surface area contributed by atoms with Gasteiger partial charge >= 0.3 is 0 Å². The van der Waals surface area contributed by atoms with Crippen LogP contribution >= 0.6 is 11.6 Å². The van der Waals surface area contributed by atoms with Crippen LogP contribution in [0.5, 0.6) is 5.75 Å². The minimum atomic E-state index is 0.0943. The Balaban J connectivity index is 1.42. The summed E-state index contributed by atoms with van der Waals surface area (Å²) in [4.78, 5) is 0. The van der Waals surface area contributed by atoms with Crippen LogP contribution < -0.4 is 9.75 Å². The monoisotopic (exact) mass is 462 g/mol. The fourth-order valence-corrected chi connectivity index (χ4v) is 4.16. The predicted octanol–water partition coefficient (Wildman–Crippen LogP) is 7.10. The molecule has 1 unspecified atom stereocenters. The summed E-state index contributed by atoms with van der Waals surface area (Å²) in [5, 5.41) is 7.86. The van der Waals surface area contributed by atoms with E-state index in [-0.39, 0.29) is 6.04 Å². The van der Waals surface area contributed by atoms with Crippen molar-refractivity contribution in [1.29, 1.82) is 0 Å². The van der Waals surface area contributed by atoms with Crippen molar-refractivity contribution in [3.8, 4) is 17.6 Å². The first-order valence-electron chi connectivity index (χ1n) is 11.1. The molecule has 4 heteroatoms. The Morgan fingerprint density at radius 1 is 0.824 bits per heavy atom. The van der Waals surface area contributed by atoms with Crippen LogP contribution in [0.4, 0.5) is 5.69 Å². The van der Waals surface area contributed by atoms with Crippen molar-refractivity contribution in [1.82, 2.24) is 0 Å². The summed E-state index contributed by atoms with van der Waals surface area (Å²) >= 11 is 5.95. The van der Waals surface area contributed by atoms with Gasteiger partial charge in [0.05, 0.1) is 24.6 Å². The van der Waals surface area contributed by atoms with E-state index < -0.39 is 0 Å². The van der Waals surface area contributed by atoms with Crippen molar-refractivity contribution in [3.05, 3.63) is 130 Å². The highest BCUT2D eigenvalue weighted by atomic mass is 35.5. The number of hydrazone groups is 1. The fourth-order valence-electron chi connectivity index (χ4n) is 4.04. The molecule has 0 bridgehead atoms. The van der Waals surface area contributed by atoms with Crippen LogP contribution in [-0.2, 0) is 0 Å². The van der Waals surface area contributed by atoms with Crippen LogP contribution in [0, 0.1) is 11.8 Å². The first kappa shape index (κ1) is 21.8. The van der Waals surface area contributed by atoms with Crippen LogP contribution in [0.15, 0.2) is 108 Å². The zero-order chi connectivity index (χ0) is 23.3. The zero-order valence-corrected chi connectivity index (χ0v) is 19.5. The maximum Gasteiger partial charge on any atom is 0.119 e. The van der Waals surface area contributed by atoms with Gasteiger partial charge < -0.3 is 4.74 Å². The SMILES string of the molecule is COc1cccc(C2CC(c3ccc(C#Cc4ccc(Cl)cc4)cc3)=NN2c2ccccc2)c1. The third-order valence-electron chi connectivity index (χ3n) is 5.82. The molecule has 5 rings (SSSR count). The van der Waals surface area contributed by atoms with Gasteiger partial charge in [0.25, 0.3) is 0 Å². The molecule has 0 aromatic heterocycles. The quantitative estimate of drug-likeness (QED) is 0.302. The number of methoxy groups -OCH3 is 1. The van der Waals surface area contributed by atoms with Crippen LogP contribution in [0.25, 0.3) is 0 Å². The summed E-state index contributed by atoms with van der Waals surface area (Å²) in [7, 11) is 1.70. The van der Waals surface area contributed by atoms with Crippen LogP contribution in [0.3, 0.4) is 0 Å². The highest BCUT2D eigenvalue weighted by molar-refractivity contribution is 6.30. The van der Waals surface area contributed by atoms with Gasteiger partial charge in [-0.15, -0.1) is 0 Å². The van der Waals surface area contributed by atoms with Crippen LogP contribution in [0.2, 0.25) is 5.02 Å². The average molecular weight is 463 g/mol. The van der Waals surface area contributed by atoms with Gasteiger partial charge in [0.2, 0.25) is 0 Å². The molecule has 166 valence electrons. The third-order valence-corrected chi connectivity index (χ3v) is 6.08. The van der Waals surface area contributed by atoms with Gasteiger partial charge in [-0.1, -0.05) is 65.9 Å². The number of para-hydroxylation sites is 1. The lowest BCUT2D eigenvalue weighted by molar-refractivity contribution is 0.414. The fraction of sp³-hybridized carbons (Fsp3) is 0.100. The highest BCUT2D eigenvalue weighted by Gasteiger charge is 2.30. The Hall–Kier alpha value is -4.00. The predicted molar refractivity (Wildman–Crippen MR) is 140 cm³/mol. The number of benzene rings is 4. The molecule has 0 fully saturated rings. The van der Waals surface area contributed by atoms with E-state index in [0.717, 1.165) is 40.3 Å². The second-order valence-corrected chi connectivity index (χ2v) is 8.49. The molecular weight excluding hydrogens is 440 g/mol. The summed E-state index contributed by atoms with van der Waals surface area (Å²) in [6.07, 6.45) is 0.803. The Bertz CT molecular complexity index is 1370. The van der Waals surface area contributed by atoms with Gasteiger partial charge in [0.15, 0.2) is 0 Å². The van der Waals surface area contributed by atoms with Crippen molar-refractivity contribution in [2.24, 2.45) is 5.10 Å². The van der Waals surface area contributed by atoms with Gasteiger partial charge in [-0.2, -0.15) is 5.10 Å². The molecular formula is C30H23ClN2O. The Morgan fingerprint density at radius 3 is 2.18 bits per heavy atom. The summed E-state index contributed by atoms with van der Waals surface area (Å²) < 4.78 is 5.47. The van der Waals surface area contributed by atoms with Crippen molar-refractivity contribution >= 4 is 23.0 Å². The first-order chi connectivity index (χ1) is 16.7. The second kappa shape index (κ2) is 9.87. The Kier molecular flexibility index (Phi) is 6.33. The van der Waals surface area contributed by atoms with Crippen molar-refractivity contribution in [3.63, 3.8) is 0 Å². The van der Waals surface area contributed by atoms with E-state index >= 15 is 0 Å². The number of rotatable bonds is 4. The maximum absolute atomic E-state index is 5.95. The lowest BCUT2D eigenvalue weighted by atomic mass is 9.97. The van der Waals surface area contributed by atoms with Crippen LogP contribution in [0.1, 0.15) is 34.7 Å². The van der Waals surface area contributed by atoms with Crippen LogP contribution in [-0.4, -0.2) is 12.8 Å². The lowest BCUT2D eigenvalue weighted by Crippen LogP contribution is -2.18. The van der Waals surface area contributed by atoms with E-state index in [2.05, 4.69) is 53.2 Å². The molecule has 0 saturated carbocycles. The van der Waals surface area contributed by atoms with Crippen molar-refractivity contribution in [2.75, 3.05) is 12.1 Å². The molecule has 0 radical (unpaired) electrons. The molecule has 3 nitrogen and oxygen atoms in total. The highest BCUT2D eigenvalue weighted by Crippen LogP contribution is 2.37. The van der Waals surface area contributed by atoms with Gasteiger partial charge in [-0.3, -0.25) is 5.01 Å². The smallest absolute Gasteiger partial charge is 0.119 e. The first-order valence-corrected chi connectivity index (χ1v) is 11.5. The van der Waals surface area contributed by atoms with E-state index in [0.29, 0.717) is 5.02 Å². The van der Waals surface area contributed by atoms with E-state index in [4.69, 9.17) is 21.4 Å². The van der Waals surface area contributed by atoms with E-state index in [1.807, 2.05) is 66.7 Å². The summed E-state index contributed by atoms with van der Waals surface area (Å²) in [6.45, 7) is 0. The molecule has 1 atom stereocenters. The molecule has 4 aromatic rings. The lowest BCUT2D eigenvalue weighted by Gasteiger charge is -2.24. The van der Waals surface area contributed by atoms with E-state index in [1.54, 1.807) is 7.11 Å². The second-order valence-electron chi connectivity index (χ2n) is 8.06. The average Bonchev–Trinajstić information content (AvgIpc) is 3.35. The molecule has 1 aliphatic rings. The van der Waals surface area contributed by atoms with Crippen molar-refractivity contribution < 1.29 is 4.74 Å². The van der Waals surface area contributed by atoms with Gasteiger partial charge in [0, 0.05) is 22.6 Å². The number of anilines is 1. The number of hydrogen-bond donors (Lipinski definition) is 0. The van der Waals surface area contributed by atoms with E-state index in [1.165, 1.54) is 5.56 Å². The van der Waals surface area contributed by atoms with E-state index in [9.17, 15) is 0 Å². The minimum Gasteiger partial charge on any atom is -0.497 e. The summed E-state index contributed by atoms with van der Waals surface area (Å²) in [6, 6.07) is 34.5. The van der Waals surface area contributed by atoms with Gasteiger partial charge in [0.1, 0.15) is 5.75 Å². The molecule has 34 heavy (non-hydrogen) atoms. The maximum atomic E-state index is 5.95. The molecule has 1 aliphatic heterocycles. The Labute approximate surface area is 205 Å². The molecule has 0 saturated heterocycles. The third kappa shape index (κ3) is 4.83. The number of ether oxygens (including phenoxy) is 1. The zero-order valence-electron chi connectivity index (χ0n) is 18.8. The number of hydrogen-bond acceptors (Lipinski definition) is 3. The number of nitrogens with zero attached hydrogens (tertiary/aromatic N) is 2. The van der Waals surface area contributed by atoms with Gasteiger partial charge in [-0.25, -0.2) is 0 Å².